The minimum absolute atomic E-state index is 0.0203. The number of imidazole rings is 1. The molecule has 5 rings (SSSR count). The maximum atomic E-state index is 14.2. The first-order chi connectivity index (χ1) is 18.7. The second-order valence-electron chi connectivity index (χ2n) is 9.66. The van der Waals surface area contributed by atoms with Gasteiger partial charge >= 0.3 is 18.0 Å². The van der Waals surface area contributed by atoms with Gasteiger partial charge in [-0.15, -0.1) is 4.73 Å². The topological polar surface area (TPSA) is 81.0 Å². The molecule has 0 radical (unpaired) electrons. The molecule has 214 valence electrons. The lowest BCUT2D eigenvalue weighted by Gasteiger charge is -2.28. The van der Waals surface area contributed by atoms with Crippen molar-refractivity contribution in [2.75, 3.05) is 20.1 Å². The fourth-order valence-electron chi connectivity index (χ4n) is 4.93. The second-order valence-corrected chi connectivity index (χ2v) is 9.66. The Morgan fingerprint density at radius 1 is 1.05 bits per heavy atom. The standard InChI is InChI=1S/C25H23F7N6O2/c1-13(20-16(24(27,28)29)3-4-17(26)21(20)25(30,31)32)40-38-19-6-5-18(34-22(19)35-23(38)39)14-11-33-37(12-14)15-7-9-36(2)10-8-15/h3-6,11-13,15H,7-10H2,1-2H3,(H,34,35,39). The van der Waals surface area contributed by atoms with Crippen molar-refractivity contribution in [2.45, 2.75) is 44.3 Å². The molecule has 8 nitrogen and oxygen atoms in total. The Kier molecular flexibility index (Phi) is 6.88. The first kappa shape index (κ1) is 27.7. The zero-order valence-electron chi connectivity index (χ0n) is 21.1. The Morgan fingerprint density at radius 3 is 2.40 bits per heavy atom. The molecule has 1 aliphatic heterocycles. The molecule has 1 unspecified atom stereocenters. The molecule has 1 aliphatic rings. The molecule has 1 fully saturated rings. The number of pyridine rings is 1. The molecule has 0 bridgehead atoms. The Morgan fingerprint density at radius 2 is 1.75 bits per heavy atom. The van der Waals surface area contributed by atoms with Gasteiger partial charge in [-0.05, 0) is 64.2 Å². The third kappa shape index (κ3) is 5.17. The molecule has 0 saturated carbocycles. The van der Waals surface area contributed by atoms with Gasteiger partial charge in [0.2, 0.25) is 0 Å². The van der Waals surface area contributed by atoms with Crippen LogP contribution in [0.1, 0.15) is 48.6 Å². The summed E-state index contributed by atoms with van der Waals surface area (Å²) in [5.41, 5.74) is -5.31. The number of halogens is 7. The third-order valence-electron chi connectivity index (χ3n) is 6.92. The summed E-state index contributed by atoms with van der Waals surface area (Å²) in [4.78, 5) is 26.9. The van der Waals surface area contributed by atoms with E-state index in [2.05, 4.69) is 20.0 Å². The number of hydrogen-bond acceptors (Lipinski definition) is 5. The Labute approximate surface area is 221 Å². The van der Waals surface area contributed by atoms with Crippen LogP contribution in [0.4, 0.5) is 30.7 Å². The van der Waals surface area contributed by atoms with Gasteiger partial charge in [-0.25, -0.2) is 14.2 Å². The molecule has 3 aromatic heterocycles. The highest BCUT2D eigenvalue weighted by molar-refractivity contribution is 5.75. The van der Waals surface area contributed by atoms with E-state index in [0.717, 1.165) is 32.9 Å². The third-order valence-corrected chi connectivity index (χ3v) is 6.92. The summed E-state index contributed by atoms with van der Waals surface area (Å²) in [5.74, 6) is -1.90. The largest absolute Gasteiger partial charge is 0.419 e. The SMILES string of the molecule is CC(On1c(=O)[nH]c2nc(-c3cnn(C4CCN(C)CC4)c3)ccc21)c1c(C(F)(F)F)ccc(F)c1C(F)(F)F. The van der Waals surface area contributed by atoms with Crippen LogP contribution >= 0.6 is 0 Å². The van der Waals surface area contributed by atoms with E-state index in [1.807, 2.05) is 17.9 Å². The lowest BCUT2D eigenvalue weighted by molar-refractivity contribution is -0.148. The van der Waals surface area contributed by atoms with Gasteiger partial charge in [0.25, 0.3) is 0 Å². The zero-order chi connectivity index (χ0) is 29.0. The van der Waals surface area contributed by atoms with Crippen molar-refractivity contribution in [3.8, 4) is 11.3 Å². The number of aromatic amines is 1. The number of likely N-dealkylation sites (tertiary alicyclic amines) is 1. The van der Waals surface area contributed by atoms with Gasteiger partial charge in [-0.1, -0.05) is 0 Å². The smallest absolute Gasteiger partial charge is 0.401 e. The molecule has 1 N–H and O–H groups in total. The van der Waals surface area contributed by atoms with Crippen molar-refractivity contribution < 1.29 is 35.6 Å². The highest BCUT2D eigenvalue weighted by Gasteiger charge is 2.45. The van der Waals surface area contributed by atoms with Crippen LogP contribution in [0, 0.1) is 5.82 Å². The Hall–Kier alpha value is -3.88. The molecule has 0 aliphatic carbocycles. The van der Waals surface area contributed by atoms with Gasteiger partial charge in [-0.2, -0.15) is 31.4 Å². The average Bonchev–Trinajstić information content (AvgIpc) is 3.47. The highest BCUT2D eigenvalue weighted by atomic mass is 19.4. The molecule has 1 aromatic carbocycles. The number of H-pyrrole nitrogens is 1. The van der Waals surface area contributed by atoms with E-state index in [9.17, 15) is 35.5 Å². The first-order valence-corrected chi connectivity index (χ1v) is 12.2. The number of rotatable bonds is 5. The van der Waals surface area contributed by atoms with E-state index in [0.29, 0.717) is 16.0 Å². The van der Waals surface area contributed by atoms with Crippen molar-refractivity contribution in [1.29, 1.82) is 0 Å². The fourth-order valence-corrected chi connectivity index (χ4v) is 4.93. The van der Waals surface area contributed by atoms with Crippen LogP contribution < -0.4 is 10.5 Å². The molecular weight excluding hydrogens is 549 g/mol. The van der Waals surface area contributed by atoms with Crippen LogP contribution in [-0.4, -0.2) is 49.5 Å². The number of piperidine rings is 1. The quantitative estimate of drug-likeness (QED) is 0.332. The predicted molar refractivity (Wildman–Crippen MR) is 129 cm³/mol. The Bertz CT molecular complexity index is 1600. The minimum atomic E-state index is -5.46. The predicted octanol–water partition coefficient (Wildman–Crippen LogP) is 5.22. The van der Waals surface area contributed by atoms with Crippen molar-refractivity contribution >= 4 is 11.2 Å². The van der Waals surface area contributed by atoms with Crippen molar-refractivity contribution in [1.82, 2.24) is 29.4 Å². The first-order valence-electron chi connectivity index (χ1n) is 12.2. The Balaban J connectivity index is 1.48. The van der Waals surface area contributed by atoms with E-state index in [4.69, 9.17) is 4.84 Å². The summed E-state index contributed by atoms with van der Waals surface area (Å²) in [6.45, 7) is 2.73. The molecule has 0 spiro atoms. The van der Waals surface area contributed by atoms with Crippen LogP contribution in [0.15, 0.2) is 41.5 Å². The van der Waals surface area contributed by atoms with Crippen LogP contribution in [0.25, 0.3) is 22.4 Å². The summed E-state index contributed by atoms with van der Waals surface area (Å²) >= 11 is 0. The van der Waals surface area contributed by atoms with E-state index in [1.165, 1.54) is 12.1 Å². The maximum absolute atomic E-state index is 14.2. The zero-order valence-corrected chi connectivity index (χ0v) is 21.1. The summed E-state index contributed by atoms with van der Waals surface area (Å²) in [6, 6.07) is 3.42. The summed E-state index contributed by atoms with van der Waals surface area (Å²) in [6.07, 6.45) is -7.47. The molecule has 1 saturated heterocycles. The van der Waals surface area contributed by atoms with Crippen LogP contribution in [0.5, 0.6) is 0 Å². The van der Waals surface area contributed by atoms with E-state index < -0.39 is 46.7 Å². The summed E-state index contributed by atoms with van der Waals surface area (Å²) in [5, 5.41) is 4.42. The number of hydrogen-bond donors (Lipinski definition) is 1. The minimum Gasteiger partial charge on any atom is -0.401 e. The molecule has 4 aromatic rings. The highest BCUT2D eigenvalue weighted by Crippen LogP contribution is 2.43. The molecule has 40 heavy (non-hydrogen) atoms. The summed E-state index contributed by atoms with van der Waals surface area (Å²) < 4.78 is 98.3. The molecule has 0 amide bonds. The van der Waals surface area contributed by atoms with Crippen molar-refractivity contribution in [3.63, 3.8) is 0 Å². The van der Waals surface area contributed by atoms with E-state index in [1.54, 1.807) is 6.20 Å². The molecule has 15 heteroatoms. The lowest BCUT2D eigenvalue weighted by atomic mass is 9.95. The normalized spacial score (nSPS) is 16.5. The van der Waals surface area contributed by atoms with Crippen LogP contribution in [0.2, 0.25) is 0 Å². The second kappa shape index (κ2) is 9.94. The number of nitrogens with one attached hydrogen (secondary N) is 1. The van der Waals surface area contributed by atoms with E-state index >= 15 is 0 Å². The summed E-state index contributed by atoms with van der Waals surface area (Å²) in [7, 11) is 2.05. The number of aromatic nitrogens is 5. The van der Waals surface area contributed by atoms with Gasteiger partial charge in [0, 0.05) is 17.3 Å². The number of fused-ring (bicyclic) bond motifs is 1. The van der Waals surface area contributed by atoms with E-state index in [-0.39, 0.29) is 29.3 Å². The van der Waals surface area contributed by atoms with Gasteiger partial charge in [0.15, 0.2) is 5.65 Å². The molecule has 1 atom stereocenters. The molecule has 4 heterocycles. The van der Waals surface area contributed by atoms with Crippen LogP contribution in [0.3, 0.4) is 0 Å². The maximum Gasteiger partial charge on any atom is 0.419 e. The van der Waals surface area contributed by atoms with Crippen LogP contribution in [-0.2, 0) is 12.4 Å². The fraction of sp³-hybridized carbons (Fsp3) is 0.400. The molecular formula is C25H23F7N6O2. The van der Waals surface area contributed by atoms with Gasteiger partial charge in [-0.3, -0.25) is 9.67 Å². The van der Waals surface area contributed by atoms with Gasteiger partial charge < -0.3 is 9.74 Å². The average molecular weight is 572 g/mol. The number of alkyl halides is 6. The van der Waals surface area contributed by atoms with Gasteiger partial charge in [0.05, 0.1) is 29.1 Å². The van der Waals surface area contributed by atoms with Crippen molar-refractivity contribution in [2.24, 2.45) is 0 Å². The van der Waals surface area contributed by atoms with Crippen molar-refractivity contribution in [3.05, 3.63) is 69.7 Å². The van der Waals surface area contributed by atoms with Gasteiger partial charge in [0.1, 0.15) is 17.4 Å². The number of benzene rings is 1. The lowest BCUT2D eigenvalue weighted by Crippen LogP contribution is -2.31. The monoisotopic (exact) mass is 572 g/mol. The number of nitrogens with zero attached hydrogens (tertiary/aromatic N) is 5.